The van der Waals surface area contributed by atoms with Crippen LogP contribution in [0.5, 0.6) is 0 Å². The highest BCUT2D eigenvalue weighted by Gasteiger charge is 2.10. The molecule has 0 bridgehead atoms. The highest BCUT2D eigenvalue weighted by atomic mass is 16.4. The predicted octanol–water partition coefficient (Wildman–Crippen LogP) is 1.86. The Balaban J connectivity index is 2.03. The largest absolute Gasteiger partial charge is 0.481 e. The molecule has 0 radical (unpaired) electrons. The number of nitrogens with zero attached hydrogens (tertiary/aromatic N) is 1. The summed E-state index contributed by atoms with van der Waals surface area (Å²) in [6.45, 7) is 1.75. The predicted molar refractivity (Wildman–Crippen MR) is 67.0 cm³/mol. The standard InChI is InChI=1S/C13H12N2O4/c1-8-2-5-11(19-8)13(18)15-10-4-3-9(14-7-10)6-12(16)17/h2-5,7H,6H2,1H3,(H,15,18)(H,16,17). The third-order valence-electron chi connectivity index (χ3n) is 2.38. The molecular formula is C13H12N2O4. The van der Waals surface area contributed by atoms with E-state index in [-0.39, 0.29) is 18.1 Å². The lowest BCUT2D eigenvalue weighted by atomic mass is 10.2. The van der Waals surface area contributed by atoms with Gasteiger partial charge in [0.25, 0.3) is 5.91 Å². The third kappa shape index (κ3) is 3.41. The first-order valence-electron chi connectivity index (χ1n) is 5.59. The molecule has 2 aromatic heterocycles. The third-order valence-corrected chi connectivity index (χ3v) is 2.38. The lowest BCUT2D eigenvalue weighted by molar-refractivity contribution is -0.136. The molecule has 0 atom stereocenters. The number of amides is 1. The van der Waals surface area contributed by atoms with Crippen molar-refractivity contribution in [2.45, 2.75) is 13.3 Å². The summed E-state index contributed by atoms with van der Waals surface area (Å²) < 4.78 is 5.18. The van der Waals surface area contributed by atoms with Gasteiger partial charge in [-0.15, -0.1) is 0 Å². The molecule has 0 aliphatic rings. The molecule has 2 heterocycles. The molecule has 0 aromatic carbocycles. The van der Waals surface area contributed by atoms with Gasteiger partial charge in [0, 0.05) is 0 Å². The van der Waals surface area contributed by atoms with Crippen molar-refractivity contribution in [3.8, 4) is 0 Å². The van der Waals surface area contributed by atoms with Crippen molar-refractivity contribution in [3.63, 3.8) is 0 Å². The maximum Gasteiger partial charge on any atom is 0.309 e. The first-order chi connectivity index (χ1) is 9.04. The number of pyridine rings is 1. The summed E-state index contributed by atoms with van der Waals surface area (Å²) in [6, 6.07) is 6.43. The fraction of sp³-hybridized carbons (Fsp3) is 0.154. The van der Waals surface area contributed by atoms with Gasteiger partial charge in [0.15, 0.2) is 5.76 Å². The molecule has 0 saturated carbocycles. The molecule has 0 aliphatic carbocycles. The van der Waals surface area contributed by atoms with Crippen molar-refractivity contribution in [2.24, 2.45) is 0 Å². The highest BCUT2D eigenvalue weighted by molar-refractivity contribution is 6.02. The van der Waals surface area contributed by atoms with E-state index in [4.69, 9.17) is 9.52 Å². The van der Waals surface area contributed by atoms with Crippen molar-refractivity contribution in [1.82, 2.24) is 4.98 Å². The summed E-state index contributed by atoms with van der Waals surface area (Å²) in [4.78, 5) is 26.2. The Labute approximate surface area is 109 Å². The van der Waals surface area contributed by atoms with E-state index in [1.54, 1.807) is 31.2 Å². The Kier molecular flexibility index (Phi) is 3.61. The minimum Gasteiger partial charge on any atom is -0.481 e. The van der Waals surface area contributed by atoms with Gasteiger partial charge >= 0.3 is 5.97 Å². The van der Waals surface area contributed by atoms with Crippen molar-refractivity contribution in [1.29, 1.82) is 0 Å². The molecule has 6 nitrogen and oxygen atoms in total. The molecule has 0 fully saturated rings. The van der Waals surface area contributed by atoms with Crippen molar-refractivity contribution in [3.05, 3.63) is 47.7 Å². The van der Waals surface area contributed by atoms with E-state index in [1.807, 2.05) is 0 Å². The van der Waals surface area contributed by atoms with Crippen LogP contribution in [-0.4, -0.2) is 22.0 Å². The number of hydrogen-bond acceptors (Lipinski definition) is 4. The topological polar surface area (TPSA) is 92.4 Å². The van der Waals surface area contributed by atoms with Crippen molar-refractivity contribution >= 4 is 17.6 Å². The molecule has 0 aliphatic heterocycles. The summed E-state index contributed by atoms with van der Waals surface area (Å²) in [5.74, 6) is -0.455. The van der Waals surface area contributed by atoms with E-state index in [0.29, 0.717) is 17.1 Å². The SMILES string of the molecule is Cc1ccc(C(=O)Nc2ccc(CC(=O)O)nc2)o1. The number of aliphatic carboxylic acids is 1. The van der Waals surface area contributed by atoms with Crippen molar-refractivity contribution < 1.29 is 19.1 Å². The van der Waals surface area contributed by atoms with E-state index >= 15 is 0 Å². The van der Waals surface area contributed by atoms with Crippen molar-refractivity contribution in [2.75, 3.05) is 5.32 Å². The number of rotatable bonds is 4. The first kappa shape index (κ1) is 12.8. The maximum absolute atomic E-state index is 11.8. The van der Waals surface area contributed by atoms with Gasteiger partial charge in [0.1, 0.15) is 5.76 Å². The van der Waals surface area contributed by atoms with Gasteiger partial charge in [-0.1, -0.05) is 0 Å². The normalized spacial score (nSPS) is 10.2. The Morgan fingerprint density at radius 1 is 1.32 bits per heavy atom. The van der Waals surface area contributed by atoms with Gasteiger partial charge in [-0.25, -0.2) is 0 Å². The van der Waals surface area contributed by atoms with Crippen LogP contribution in [0.4, 0.5) is 5.69 Å². The summed E-state index contributed by atoms with van der Waals surface area (Å²) >= 11 is 0. The average Bonchev–Trinajstić information content (AvgIpc) is 2.78. The number of nitrogens with one attached hydrogen (secondary N) is 1. The number of aromatic nitrogens is 1. The number of carbonyl (C=O) groups excluding carboxylic acids is 1. The molecule has 2 rings (SSSR count). The van der Waals surface area contributed by atoms with E-state index < -0.39 is 5.97 Å². The monoisotopic (exact) mass is 260 g/mol. The number of carboxylic acid groups (broad SMARTS) is 1. The van der Waals surface area contributed by atoms with Gasteiger partial charge in [0.05, 0.1) is 24.0 Å². The van der Waals surface area contributed by atoms with Crippen LogP contribution in [0.2, 0.25) is 0 Å². The van der Waals surface area contributed by atoms with Gasteiger partial charge in [-0.05, 0) is 31.2 Å². The number of carboxylic acids is 1. The first-order valence-corrected chi connectivity index (χ1v) is 5.59. The zero-order valence-electron chi connectivity index (χ0n) is 10.2. The molecule has 0 spiro atoms. The summed E-state index contributed by atoms with van der Waals surface area (Å²) in [5, 5.41) is 11.2. The number of hydrogen-bond donors (Lipinski definition) is 2. The summed E-state index contributed by atoms with van der Waals surface area (Å²) in [7, 11) is 0. The maximum atomic E-state index is 11.8. The molecule has 2 aromatic rings. The van der Waals surface area contributed by atoms with Gasteiger partial charge in [-0.3, -0.25) is 14.6 Å². The smallest absolute Gasteiger partial charge is 0.309 e. The van der Waals surface area contributed by atoms with E-state index in [0.717, 1.165) is 0 Å². The second kappa shape index (κ2) is 5.34. The fourth-order valence-electron chi connectivity index (χ4n) is 1.51. The van der Waals surface area contributed by atoms with Crippen LogP contribution in [0.15, 0.2) is 34.9 Å². The van der Waals surface area contributed by atoms with Crippen LogP contribution in [0.1, 0.15) is 22.0 Å². The van der Waals surface area contributed by atoms with E-state index in [1.165, 1.54) is 6.20 Å². The lowest BCUT2D eigenvalue weighted by Crippen LogP contribution is -2.11. The number of aryl methyl sites for hydroxylation is 1. The molecule has 2 N–H and O–H groups in total. The Morgan fingerprint density at radius 3 is 2.63 bits per heavy atom. The zero-order valence-corrected chi connectivity index (χ0v) is 10.2. The Hall–Kier alpha value is -2.63. The zero-order chi connectivity index (χ0) is 13.8. The van der Waals surface area contributed by atoms with Gasteiger partial charge in [-0.2, -0.15) is 0 Å². The van der Waals surface area contributed by atoms with Crippen LogP contribution in [0.25, 0.3) is 0 Å². The van der Waals surface area contributed by atoms with Crippen LogP contribution in [0.3, 0.4) is 0 Å². The summed E-state index contributed by atoms with van der Waals surface area (Å²) in [5.41, 5.74) is 0.910. The number of carbonyl (C=O) groups is 2. The Bertz CT molecular complexity index is 601. The van der Waals surface area contributed by atoms with Crippen LogP contribution in [-0.2, 0) is 11.2 Å². The molecule has 0 unspecified atom stereocenters. The second-order valence-electron chi connectivity index (χ2n) is 3.97. The van der Waals surface area contributed by atoms with E-state index in [2.05, 4.69) is 10.3 Å². The molecule has 6 heteroatoms. The highest BCUT2D eigenvalue weighted by Crippen LogP contribution is 2.11. The minimum atomic E-state index is -0.949. The van der Waals surface area contributed by atoms with Gasteiger partial charge < -0.3 is 14.8 Å². The van der Waals surface area contributed by atoms with Crippen LogP contribution < -0.4 is 5.32 Å². The minimum absolute atomic E-state index is 0.147. The molecular weight excluding hydrogens is 248 g/mol. The number of anilines is 1. The molecule has 0 saturated heterocycles. The summed E-state index contributed by atoms with van der Waals surface area (Å²) in [6.07, 6.45) is 1.26. The van der Waals surface area contributed by atoms with Crippen LogP contribution >= 0.6 is 0 Å². The fourth-order valence-corrected chi connectivity index (χ4v) is 1.51. The second-order valence-corrected chi connectivity index (χ2v) is 3.97. The number of furan rings is 1. The van der Waals surface area contributed by atoms with Gasteiger partial charge in [0.2, 0.25) is 0 Å². The molecule has 19 heavy (non-hydrogen) atoms. The molecule has 1 amide bonds. The molecule has 98 valence electrons. The average molecular weight is 260 g/mol. The Morgan fingerprint density at radius 2 is 2.11 bits per heavy atom. The quantitative estimate of drug-likeness (QED) is 0.875. The van der Waals surface area contributed by atoms with E-state index in [9.17, 15) is 9.59 Å². The lowest BCUT2D eigenvalue weighted by Gasteiger charge is -2.03. The van der Waals surface area contributed by atoms with Crippen LogP contribution in [0, 0.1) is 6.92 Å².